The fourth-order valence-electron chi connectivity index (χ4n) is 1.02. The van der Waals surface area contributed by atoms with E-state index >= 15 is 0 Å². The highest BCUT2D eigenvalue weighted by molar-refractivity contribution is 7.98. The maximum absolute atomic E-state index is 5.95. The summed E-state index contributed by atoms with van der Waals surface area (Å²) in [5, 5.41) is 0. The van der Waals surface area contributed by atoms with Gasteiger partial charge >= 0.3 is 0 Å². The first kappa shape index (κ1) is 10.0. The lowest BCUT2D eigenvalue weighted by atomic mass is 10.4. The fraction of sp³-hybridized carbons (Fsp3) is 0.100. The number of hydrogen-bond acceptors (Lipinski definition) is 3. The van der Waals surface area contributed by atoms with E-state index in [1.807, 2.05) is 18.2 Å². The van der Waals surface area contributed by atoms with Gasteiger partial charge in [-0.3, -0.25) is 0 Å². The standard InChI is InChI=1S/C10H8ClNS2/c11-10-9(12-7-14-10)6-13-8-4-2-1-3-5-8/h1-5,7H,6H2. The molecule has 2 rings (SSSR count). The highest BCUT2D eigenvalue weighted by Crippen LogP contribution is 2.27. The normalized spacial score (nSPS) is 10.4. The number of rotatable bonds is 3. The predicted molar refractivity (Wildman–Crippen MR) is 63.1 cm³/mol. The molecule has 0 atom stereocenters. The van der Waals surface area contributed by atoms with Crippen molar-refractivity contribution in [1.29, 1.82) is 0 Å². The van der Waals surface area contributed by atoms with Gasteiger partial charge in [0.2, 0.25) is 0 Å². The number of benzene rings is 1. The van der Waals surface area contributed by atoms with Crippen LogP contribution in [0.4, 0.5) is 0 Å². The van der Waals surface area contributed by atoms with Gasteiger partial charge in [-0.25, -0.2) is 4.98 Å². The lowest BCUT2D eigenvalue weighted by Gasteiger charge is -1.98. The summed E-state index contributed by atoms with van der Waals surface area (Å²) < 4.78 is 0.799. The maximum Gasteiger partial charge on any atom is 0.117 e. The van der Waals surface area contributed by atoms with Gasteiger partial charge in [-0.1, -0.05) is 29.8 Å². The number of thioether (sulfide) groups is 1. The van der Waals surface area contributed by atoms with Crippen molar-refractivity contribution in [3.63, 3.8) is 0 Å². The van der Waals surface area contributed by atoms with E-state index in [1.54, 1.807) is 17.3 Å². The summed E-state index contributed by atoms with van der Waals surface area (Å²) in [7, 11) is 0. The molecular weight excluding hydrogens is 234 g/mol. The quantitative estimate of drug-likeness (QED) is 0.751. The zero-order valence-electron chi connectivity index (χ0n) is 7.31. The molecule has 0 fully saturated rings. The van der Waals surface area contributed by atoms with E-state index in [-0.39, 0.29) is 0 Å². The third-order valence-electron chi connectivity index (χ3n) is 1.71. The van der Waals surface area contributed by atoms with Crippen LogP contribution >= 0.6 is 34.7 Å². The van der Waals surface area contributed by atoms with Crippen molar-refractivity contribution in [3.8, 4) is 0 Å². The molecule has 4 heteroatoms. The van der Waals surface area contributed by atoms with Crippen LogP contribution in [-0.2, 0) is 5.75 Å². The second-order valence-electron chi connectivity index (χ2n) is 2.67. The minimum absolute atomic E-state index is 0.799. The Balaban J connectivity index is 1.99. The molecule has 1 aromatic heterocycles. The topological polar surface area (TPSA) is 12.9 Å². The maximum atomic E-state index is 5.95. The van der Waals surface area contributed by atoms with Crippen molar-refractivity contribution >= 4 is 34.7 Å². The third-order valence-corrected chi connectivity index (χ3v) is 3.87. The van der Waals surface area contributed by atoms with Gasteiger partial charge in [0.05, 0.1) is 11.2 Å². The largest absolute Gasteiger partial charge is 0.247 e. The first-order chi connectivity index (χ1) is 6.86. The number of thiazole rings is 1. The van der Waals surface area contributed by atoms with Gasteiger partial charge in [0.1, 0.15) is 4.34 Å². The summed E-state index contributed by atoms with van der Waals surface area (Å²) in [4.78, 5) is 5.44. The van der Waals surface area contributed by atoms with Crippen LogP contribution in [0.3, 0.4) is 0 Å². The third kappa shape index (κ3) is 2.50. The van der Waals surface area contributed by atoms with Gasteiger partial charge in [0, 0.05) is 10.6 Å². The Labute approximate surface area is 96.1 Å². The van der Waals surface area contributed by atoms with Crippen LogP contribution in [0.2, 0.25) is 4.34 Å². The van der Waals surface area contributed by atoms with Gasteiger partial charge in [-0.2, -0.15) is 0 Å². The molecule has 0 saturated heterocycles. The predicted octanol–water partition coefficient (Wildman–Crippen LogP) is 4.09. The smallest absolute Gasteiger partial charge is 0.117 e. The molecule has 0 aliphatic carbocycles. The van der Waals surface area contributed by atoms with Crippen LogP contribution in [-0.4, -0.2) is 4.98 Å². The Kier molecular flexibility index (Phi) is 3.45. The van der Waals surface area contributed by atoms with Crippen LogP contribution in [0.25, 0.3) is 0 Å². The minimum Gasteiger partial charge on any atom is -0.247 e. The van der Waals surface area contributed by atoms with Crippen LogP contribution < -0.4 is 0 Å². The average molecular weight is 242 g/mol. The van der Waals surface area contributed by atoms with Gasteiger partial charge in [-0.15, -0.1) is 23.1 Å². The van der Waals surface area contributed by atoms with Crippen molar-refractivity contribution in [3.05, 3.63) is 45.9 Å². The van der Waals surface area contributed by atoms with Crippen LogP contribution in [0.5, 0.6) is 0 Å². The molecule has 0 amide bonds. The first-order valence-electron chi connectivity index (χ1n) is 4.12. The highest BCUT2D eigenvalue weighted by atomic mass is 35.5. The lowest BCUT2D eigenvalue weighted by Crippen LogP contribution is -1.80. The van der Waals surface area contributed by atoms with E-state index in [0.717, 1.165) is 15.8 Å². The summed E-state index contributed by atoms with van der Waals surface area (Å²) in [6.07, 6.45) is 0. The minimum atomic E-state index is 0.799. The van der Waals surface area contributed by atoms with E-state index in [0.29, 0.717) is 0 Å². The molecule has 0 spiro atoms. The SMILES string of the molecule is Clc1scnc1CSc1ccccc1. The van der Waals surface area contributed by atoms with Crippen LogP contribution in [0.15, 0.2) is 40.7 Å². The molecule has 1 nitrogen and oxygen atoms in total. The highest BCUT2D eigenvalue weighted by Gasteiger charge is 2.03. The molecule has 72 valence electrons. The second kappa shape index (κ2) is 4.82. The molecule has 0 unspecified atom stereocenters. The zero-order valence-corrected chi connectivity index (χ0v) is 9.70. The summed E-state index contributed by atoms with van der Waals surface area (Å²) in [5.41, 5.74) is 2.76. The van der Waals surface area contributed by atoms with Gasteiger partial charge in [0.25, 0.3) is 0 Å². The number of halogens is 1. The molecule has 0 radical (unpaired) electrons. The molecule has 2 aromatic rings. The summed E-state index contributed by atoms with van der Waals surface area (Å²) >= 11 is 9.18. The monoisotopic (exact) mass is 241 g/mol. The molecule has 0 saturated carbocycles. The van der Waals surface area contributed by atoms with Crippen molar-refractivity contribution in [2.24, 2.45) is 0 Å². The molecule has 1 aromatic carbocycles. The molecule has 0 bridgehead atoms. The van der Waals surface area contributed by atoms with Crippen molar-refractivity contribution in [2.45, 2.75) is 10.6 Å². The van der Waals surface area contributed by atoms with E-state index in [1.165, 1.54) is 16.2 Å². The first-order valence-corrected chi connectivity index (χ1v) is 6.36. The second-order valence-corrected chi connectivity index (χ2v) is 5.18. The molecule has 0 N–H and O–H groups in total. The molecular formula is C10H8ClNS2. The molecule has 0 aliphatic heterocycles. The average Bonchev–Trinajstić information content (AvgIpc) is 2.63. The summed E-state index contributed by atoms with van der Waals surface area (Å²) in [6, 6.07) is 10.3. The Bertz CT molecular complexity index is 400. The lowest BCUT2D eigenvalue weighted by molar-refractivity contribution is 1.23. The Morgan fingerprint density at radius 1 is 1.29 bits per heavy atom. The Morgan fingerprint density at radius 2 is 2.07 bits per heavy atom. The molecule has 14 heavy (non-hydrogen) atoms. The van der Waals surface area contributed by atoms with Crippen molar-refractivity contribution in [1.82, 2.24) is 4.98 Å². The van der Waals surface area contributed by atoms with Crippen LogP contribution in [0.1, 0.15) is 5.69 Å². The van der Waals surface area contributed by atoms with Crippen LogP contribution in [0, 0.1) is 0 Å². The van der Waals surface area contributed by atoms with E-state index < -0.39 is 0 Å². The molecule has 1 heterocycles. The zero-order chi connectivity index (χ0) is 9.80. The van der Waals surface area contributed by atoms with E-state index in [9.17, 15) is 0 Å². The van der Waals surface area contributed by atoms with Gasteiger partial charge in [-0.05, 0) is 12.1 Å². The Hall–Kier alpha value is -0.510. The fourth-order valence-corrected chi connectivity index (χ4v) is 2.83. The van der Waals surface area contributed by atoms with E-state index in [4.69, 9.17) is 11.6 Å². The van der Waals surface area contributed by atoms with Gasteiger partial charge < -0.3 is 0 Å². The van der Waals surface area contributed by atoms with E-state index in [2.05, 4.69) is 17.1 Å². The van der Waals surface area contributed by atoms with Gasteiger partial charge in [0.15, 0.2) is 0 Å². The summed E-state index contributed by atoms with van der Waals surface area (Å²) in [5.74, 6) is 0.840. The molecule has 0 aliphatic rings. The Morgan fingerprint density at radius 3 is 2.71 bits per heavy atom. The number of aromatic nitrogens is 1. The number of hydrogen-bond donors (Lipinski definition) is 0. The number of nitrogens with zero attached hydrogens (tertiary/aromatic N) is 1. The van der Waals surface area contributed by atoms with Crippen molar-refractivity contribution < 1.29 is 0 Å². The summed E-state index contributed by atoms with van der Waals surface area (Å²) in [6.45, 7) is 0. The van der Waals surface area contributed by atoms with Crippen molar-refractivity contribution in [2.75, 3.05) is 0 Å².